The number of rotatable bonds is 3. The molecule has 0 aliphatic heterocycles. The molecule has 0 bridgehead atoms. The summed E-state index contributed by atoms with van der Waals surface area (Å²) in [6, 6.07) is 12.1. The van der Waals surface area contributed by atoms with Crippen LogP contribution in [-0.2, 0) is 0 Å². The minimum absolute atomic E-state index is 0.813. The van der Waals surface area contributed by atoms with Crippen LogP contribution in [0.1, 0.15) is 5.56 Å². The van der Waals surface area contributed by atoms with Crippen molar-refractivity contribution in [3.63, 3.8) is 0 Å². The summed E-state index contributed by atoms with van der Waals surface area (Å²) >= 11 is 5.17. The van der Waals surface area contributed by atoms with Gasteiger partial charge in [-0.2, -0.15) is 0 Å². The molecule has 5 heteroatoms. The van der Waals surface area contributed by atoms with E-state index in [0.717, 1.165) is 26.6 Å². The molecule has 1 heterocycles. The van der Waals surface area contributed by atoms with Gasteiger partial charge in [-0.25, -0.2) is 4.98 Å². The van der Waals surface area contributed by atoms with Crippen LogP contribution < -0.4 is 10.1 Å². The van der Waals surface area contributed by atoms with Crippen LogP contribution >= 0.6 is 27.3 Å². The van der Waals surface area contributed by atoms with E-state index in [1.165, 1.54) is 10.3 Å². The second-order valence-corrected chi connectivity index (χ2v) is 6.35. The number of ether oxygens (including phenoxy) is 1. The lowest BCUT2D eigenvalue weighted by molar-refractivity contribution is 0.415. The Morgan fingerprint density at radius 3 is 2.85 bits per heavy atom. The summed E-state index contributed by atoms with van der Waals surface area (Å²) in [6.07, 6.45) is 0. The zero-order valence-electron chi connectivity index (χ0n) is 11.1. The normalized spacial score (nSPS) is 10.8. The topological polar surface area (TPSA) is 34.1 Å². The molecular formula is C15H13BrN2OS. The first kappa shape index (κ1) is 13.4. The van der Waals surface area contributed by atoms with Crippen molar-refractivity contribution in [2.45, 2.75) is 6.92 Å². The Kier molecular flexibility index (Phi) is 3.63. The summed E-state index contributed by atoms with van der Waals surface area (Å²) in [5.41, 5.74) is 3.19. The number of anilines is 2. The Morgan fingerprint density at radius 1 is 1.20 bits per heavy atom. The Balaban J connectivity index is 1.96. The van der Waals surface area contributed by atoms with Crippen molar-refractivity contribution in [3.05, 3.63) is 46.4 Å². The Morgan fingerprint density at radius 2 is 2.05 bits per heavy atom. The summed E-state index contributed by atoms with van der Waals surface area (Å²) in [5.74, 6) is 0.813. The summed E-state index contributed by atoms with van der Waals surface area (Å²) in [7, 11) is 1.66. The van der Waals surface area contributed by atoms with E-state index >= 15 is 0 Å². The fraction of sp³-hybridized carbons (Fsp3) is 0.133. The Hall–Kier alpha value is -1.59. The fourth-order valence-corrected chi connectivity index (χ4v) is 3.14. The van der Waals surface area contributed by atoms with Crippen LogP contribution in [0.2, 0.25) is 0 Å². The average Bonchev–Trinajstić information content (AvgIpc) is 2.82. The van der Waals surface area contributed by atoms with E-state index in [9.17, 15) is 0 Å². The molecule has 0 fully saturated rings. The van der Waals surface area contributed by atoms with Gasteiger partial charge in [0.25, 0.3) is 0 Å². The molecule has 0 saturated heterocycles. The van der Waals surface area contributed by atoms with E-state index in [2.05, 4.69) is 51.4 Å². The zero-order valence-corrected chi connectivity index (χ0v) is 13.5. The van der Waals surface area contributed by atoms with Crippen LogP contribution in [0.3, 0.4) is 0 Å². The van der Waals surface area contributed by atoms with Crippen LogP contribution in [0.4, 0.5) is 10.8 Å². The standard InChI is InChI=1S/C15H13BrN2OS/c1-9-3-6-14-13(7-9)18-15(20-14)17-12-8-10(19-2)4-5-11(12)16/h3-8H,1-2H3,(H,17,18). The van der Waals surface area contributed by atoms with Crippen molar-refractivity contribution in [1.82, 2.24) is 4.98 Å². The van der Waals surface area contributed by atoms with Gasteiger partial charge in [0.05, 0.1) is 23.0 Å². The van der Waals surface area contributed by atoms with E-state index in [-0.39, 0.29) is 0 Å². The number of methoxy groups -OCH3 is 1. The first-order chi connectivity index (χ1) is 9.65. The first-order valence-electron chi connectivity index (χ1n) is 6.13. The number of benzene rings is 2. The van der Waals surface area contributed by atoms with Crippen LogP contribution in [0, 0.1) is 6.92 Å². The largest absolute Gasteiger partial charge is 0.497 e. The van der Waals surface area contributed by atoms with Gasteiger partial charge in [0.2, 0.25) is 0 Å². The number of thiazole rings is 1. The molecule has 0 saturated carbocycles. The smallest absolute Gasteiger partial charge is 0.188 e. The molecule has 0 radical (unpaired) electrons. The van der Waals surface area contributed by atoms with E-state index < -0.39 is 0 Å². The molecule has 3 nitrogen and oxygen atoms in total. The lowest BCUT2D eigenvalue weighted by Gasteiger charge is -2.07. The number of nitrogens with one attached hydrogen (secondary N) is 1. The number of aromatic nitrogens is 1. The average molecular weight is 349 g/mol. The van der Waals surface area contributed by atoms with Gasteiger partial charge in [0.15, 0.2) is 5.13 Å². The van der Waals surface area contributed by atoms with E-state index in [0.29, 0.717) is 0 Å². The molecule has 2 aromatic carbocycles. The fourth-order valence-electron chi connectivity index (χ4n) is 1.93. The summed E-state index contributed by atoms with van der Waals surface area (Å²) in [4.78, 5) is 4.61. The third kappa shape index (κ3) is 2.64. The lowest BCUT2D eigenvalue weighted by atomic mass is 10.2. The van der Waals surface area contributed by atoms with Crippen molar-refractivity contribution < 1.29 is 4.74 Å². The molecule has 0 atom stereocenters. The van der Waals surface area contributed by atoms with E-state index in [1.54, 1.807) is 18.4 Å². The van der Waals surface area contributed by atoms with Crippen molar-refractivity contribution in [2.75, 3.05) is 12.4 Å². The van der Waals surface area contributed by atoms with Gasteiger partial charge in [-0.3, -0.25) is 0 Å². The summed E-state index contributed by atoms with van der Waals surface area (Å²) in [5, 5.41) is 4.21. The highest BCUT2D eigenvalue weighted by atomic mass is 79.9. The summed E-state index contributed by atoms with van der Waals surface area (Å²) < 4.78 is 7.40. The monoisotopic (exact) mass is 348 g/mol. The summed E-state index contributed by atoms with van der Waals surface area (Å²) in [6.45, 7) is 2.07. The van der Waals surface area contributed by atoms with E-state index in [4.69, 9.17) is 4.74 Å². The predicted molar refractivity (Wildman–Crippen MR) is 88.3 cm³/mol. The molecule has 3 aromatic rings. The molecule has 0 aliphatic carbocycles. The van der Waals surface area contributed by atoms with Crippen LogP contribution in [0.25, 0.3) is 10.2 Å². The highest BCUT2D eigenvalue weighted by molar-refractivity contribution is 9.10. The molecule has 0 spiro atoms. The number of fused-ring (bicyclic) bond motifs is 1. The van der Waals surface area contributed by atoms with Crippen molar-refractivity contribution >= 4 is 48.3 Å². The number of hydrogen-bond acceptors (Lipinski definition) is 4. The minimum atomic E-state index is 0.813. The highest BCUT2D eigenvalue weighted by Crippen LogP contribution is 2.33. The SMILES string of the molecule is COc1ccc(Br)c(Nc2nc3cc(C)ccc3s2)c1. The van der Waals surface area contributed by atoms with Gasteiger partial charge in [0, 0.05) is 10.5 Å². The molecule has 0 aliphatic rings. The first-order valence-corrected chi connectivity index (χ1v) is 7.74. The molecule has 102 valence electrons. The van der Waals surface area contributed by atoms with Gasteiger partial charge >= 0.3 is 0 Å². The maximum Gasteiger partial charge on any atom is 0.188 e. The number of aryl methyl sites for hydroxylation is 1. The van der Waals surface area contributed by atoms with Crippen LogP contribution in [0.15, 0.2) is 40.9 Å². The molecule has 1 aromatic heterocycles. The molecule has 0 unspecified atom stereocenters. The van der Waals surface area contributed by atoms with Gasteiger partial charge < -0.3 is 10.1 Å². The third-order valence-corrected chi connectivity index (χ3v) is 4.60. The zero-order chi connectivity index (χ0) is 14.1. The Labute approximate surface area is 129 Å². The third-order valence-electron chi connectivity index (χ3n) is 2.96. The second kappa shape index (κ2) is 5.42. The number of halogens is 1. The van der Waals surface area contributed by atoms with Gasteiger partial charge in [-0.15, -0.1) is 0 Å². The van der Waals surface area contributed by atoms with E-state index in [1.807, 2.05) is 18.2 Å². The van der Waals surface area contributed by atoms with Gasteiger partial charge in [0.1, 0.15) is 5.75 Å². The van der Waals surface area contributed by atoms with Crippen molar-refractivity contribution in [3.8, 4) is 5.75 Å². The predicted octanol–water partition coefficient (Wildman–Crippen LogP) is 5.12. The molecule has 0 amide bonds. The quantitative estimate of drug-likeness (QED) is 0.713. The van der Waals surface area contributed by atoms with Gasteiger partial charge in [-0.05, 0) is 52.7 Å². The lowest BCUT2D eigenvalue weighted by Crippen LogP contribution is -1.92. The maximum absolute atomic E-state index is 5.24. The molecule has 20 heavy (non-hydrogen) atoms. The number of hydrogen-bond donors (Lipinski definition) is 1. The van der Waals surface area contributed by atoms with Crippen LogP contribution in [-0.4, -0.2) is 12.1 Å². The van der Waals surface area contributed by atoms with Crippen molar-refractivity contribution in [1.29, 1.82) is 0 Å². The van der Waals surface area contributed by atoms with Gasteiger partial charge in [-0.1, -0.05) is 17.4 Å². The molecule has 1 N–H and O–H groups in total. The van der Waals surface area contributed by atoms with Crippen molar-refractivity contribution in [2.24, 2.45) is 0 Å². The molecular weight excluding hydrogens is 336 g/mol. The second-order valence-electron chi connectivity index (χ2n) is 4.46. The maximum atomic E-state index is 5.24. The Bertz CT molecular complexity index is 770. The highest BCUT2D eigenvalue weighted by Gasteiger charge is 2.07. The number of nitrogens with zero attached hydrogens (tertiary/aromatic N) is 1. The minimum Gasteiger partial charge on any atom is -0.497 e. The molecule has 3 rings (SSSR count). The van der Waals surface area contributed by atoms with Crippen LogP contribution in [0.5, 0.6) is 5.75 Å².